The number of cyclic esters (lactones) is 1. The predicted molar refractivity (Wildman–Crippen MR) is 81.1 cm³/mol. The summed E-state index contributed by atoms with van der Waals surface area (Å²) >= 11 is 0. The molecule has 2 aliphatic rings. The zero-order chi connectivity index (χ0) is 15.5. The van der Waals surface area contributed by atoms with E-state index in [4.69, 9.17) is 10.00 Å². The summed E-state index contributed by atoms with van der Waals surface area (Å²) in [6.45, 7) is 4.51. The fourth-order valence-corrected chi connectivity index (χ4v) is 3.22. The van der Waals surface area contributed by atoms with Gasteiger partial charge in [-0.15, -0.1) is 0 Å². The van der Waals surface area contributed by atoms with Crippen LogP contribution in [0.15, 0.2) is 18.3 Å². The Hall–Kier alpha value is -2.13. The Bertz CT molecular complexity index is 598. The highest BCUT2D eigenvalue weighted by Crippen LogP contribution is 2.26. The summed E-state index contributed by atoms with van der Waals surface area (Å²) in [6.07, 6.45) is 3.54. The van der Waals surface area contributed by atoms with E-state index in [-0.39, 0.29) is 18.1 Å². The number of rotatable bonds is 4. The molecule has 6 nitrogen and oxygen atoms in total. The van der Waals surface area contributed by atoms with Crippen molar-refractivity contribution in [2.24, 2.45) is 5.92 Å². The fourth-order valence-electron chi connectivity index (χ4n) is 3.22. The summed E-state index contributed by atoms with van der Waals surface area (Å²) in [5.74, 6) is 1.01. The molecule has 3 heterocycles. The Balaban J connectivity index is 1.53. The van der Waals surface area contributed by atoms with Gasteiger partial charge in [0, 0.05) is 25.7 Å². The lowest BCUT2D eigenvalue weighted by Gasteiger charge is -2.20. The first-order chi connectivity index (χ1) is 10.7. The lowest BCUT2D eigenvalue weighted by atomic mass is 10.1. The van der Waals surface area contributed by atoms with Crippen LogP contribution in [0.2, 0.25) is 0 Å². The highest BCUT2D eigenvalue weighted by atomic mass is 16.6. The molecule has 2 saturated heterocycles. The van der Waals surface area contributed by atoms with Crippen LogP contribution in [0.25, 0.3) is 0 Å². The van der Waals surface area contributed by atoms with Gasteiger partial charge in [0.05, 0.1) is 5.56 Å². The molecule has 0 spiro atoms. The first-order valence-corrected chi connectivity index (χ1v) is 7.71. The molecule has 1 aromatic rings. The van der Waals surface area contributed by atoms with Gasteiger partial charge in [-0.1, -0.05) is 0 Å². The topological polar surface area (TPSA) is 78.3 Å². The average molecular weight is 300 g/mol. The largest absolute Gasteiger partial charge is 0.461 e. The maximum Gasteiger partial charge on any atom is 0.323 e. The van der Waals surface area contributed by atoms with Crippen LogP contribution < -0.4 is 5.32 Å². The summed E-state index contributed by atoms with van der Waals surface area (Å²) in [5.41, 5.74) is 0.561. The molecular formula is C16H20N4O2. The van der Waals surface area contributed by atoms with Crippen molar-refractivity contribution in [3.63, 3.8) is 0 Å². The number of aromatic nitrogens is 1. The van der Waals surface area contributed by atoms with Crippen LogP contribution in [-0.2, 0) is 9.53 Å². The number of hydrogen-bond donors (Lipinski definition) is 1. The lowest BCUT2D eigenvalue weighted by molar-refractivity contribution is -0.144. The van der Waals surface area contributed by atoms with Crippen LogP contribution in [0.3, 0.4) is 0 Å². The molecule has 0 aromatic carbocycles. The zero-order valence-corrected chi connectivity index (χ0v) is 12.7. The van der Waals surface area contributed by atoms with Gasteiger partial charge in [0.2, 0.25) is 0 Å². The lowest BCUT2D eigenvalue weighted by Crippen LogP contribution is -2.37. The number of hydrogen-bond acceptors (Lipinski definition) is 6. The number of carbonyl (C=O) groups excluding carboxylic acids is 1. The van der Waals surface area contributed by atoms with Gasteiger partial charge < -0.3 is 10.1 Å². The van der Waals surface area contributed by atoms with E-state index in [2.05, 4.69) is 21.3 Å². The Morgan fingerprint density at radius 1 is 1.59 bits per heavy atom. The second-order valence-electron chi connectivity index (χ2n) is 6.04. The second kappa shape index (κ2) is 6.32. The maximum atomic E-state index is 11.8. The van der Waals surface area contributed by atoms with E-state index in [0.29, 0.717) is 17.3 Å². The molecule has 0 radical (unpaired) electrons. The molecule has 2 aliphatic heterocycles. The van der Waals surface area contributed by atoms with Crippen molar-refractivity contribution < 1.29 is 9.53 Å². The SMILES string of the molecule is CC1CC(N2CCC(CNc3ncccc3C#N)C2)C(=O)O1. The Kier molecular flexibility index (Phi) is 4.25. The van der Waals surface area contributed by atoms with Crippen molar-refractivity contribution in [1.82, 2.24) is 9.88 Å². The van der Waals surface area contributed by atoms with Crippen molar-refractivity contribution in [3.05, 3.63) is 23.9 Å². The maximum absolute atomic E-state index is 11.8. The molecule has 1 aromatic heterocycles. The summed E-state index contributed by atoms with van der Waals surface area (Å²) < 4.78 is 5.24. The molecular weight excluding hydrogens is 280 g/mol. The van der Waals surface area contributed by atoms with Gasteiger partial charge in [0.25, 0.3) is 0 Å². The minimum absolute atomic E-state index is 0.0291. The van der Waals surface area contributed by atoms with Crippen LogP contribution in [0.4, 0.5) is 5.82 Å². The van der Waals surface area contributed by atoms with Crippen LogP contribution in [-0.4, -0.2) is 47.6 Å². The molecule has 6 heteroatoms. The van der Waals surface area contributed by atoms with E-state index in [9.17, 15) is 4.79 Å². The monoisotopic (exact) mass is 300 g/mol. The number of esters is 1. The number of ether oxygens (including phenoxy) is 1. The highest BCUT2D eigenvalue weighted by molar-refractivity contribution is 5.78. The van der Waals surface area contributed by atoms with Gasteiger partial charge in [-0.25, -0.2) is 4.98 Å². The second-order valence-corrected chi connectivity index (χ2v) is 6.04. The molecule has 0 saturated carbocycles. The number of likely N-dealkylation sites (tertiary alicyclic amines) is 1. The molecule has 0 bridgehead atoms. The van der Waals surface area contributed by atoms with E-state index >= 15 is 0 Å². The van der Waals surface area contributed by atoms with Gasteiger partial charge >= 0.3 is 5.97 Å². The van der Waals surface area contributed by atoms with Crippen LogP contribution in [0, 0.1) is 17.2 Å². The van der Waals surface area contributed by atoms with Crippen LogP contribution in [0.5, 0.6) is 0 Å². The van der Waals surface area contributed by atoms with Crippen LogP contribution >= 0.6 is 0 Å². The number of nitrogens with zero attached hydrogens (tertiary/aromatic N) is 3. The van der Waals surface area contributed by atoms with Crippen molar-refractivity contribution in [1.29, 1.82) is 5.26 Å². The zero-order valence-electron chi connectivity index (χ0n) is 12.7. The molecule has 3 unspecified atom stereocenters. The Morgan fingerprint density at radius 2 is 2.45 bits per heavy atom. The van der Waals surface area contributed by atoms with E-state index in [1.807, 2.05) is 6.92 Å². The molecule has 0 aliphatic carbocycles. The first-order valence-electron chi connectivity index (χ1n) is 7.71. The number of nitrogens with one attached hydrogen (secondary N) is 1. The van der Waals surface area contributed by atoms with Gasteiger partial charge in [0.1, 0.15) is 24.0 Å². The van der Waals surface area contributed by atoms with Crippen molar-refractivity contribution in [2.75, 3.05) is 25.0 Å². The van der Waals surface area contributed by atoms with Crippen molar-refractivity contribution >= 4 is 11.8 Å². The summed E-state index contributed by atoms with van der Waals surface area (Å²) in [4.78, 5) is 18.2. The molecule has 3 rings (SSSR count). The normalized spacial score (nSPS) is 28.4. The van der Waals surface area contributed by atoms with E-state index in [0.717, 1.165) is 32.5 Å². The first kappa shape index (κ1) is 14.8. The third-order valence-electron chi connectivity index (χ3n) is 4.39. The van der Waals surface area contributed by atoms with Gasteiger partial charge in [-0.2, -0.15) is 5.26 Å². The number of anilines is 1. The van der Waals surface area contributed by atoms with Gasteiger partial charge in [0.15, 0.2) is 0 Å². The third-order valence-corrected chi connectivity index (χ3v) is 4.39. The van der Waals surface area contributed by atoms with Gasteiger partial charge in [-0.3, -0.25) is 9.69 Å². The number of nitriles is 1. The molecule has 2 fully saturated rings. The van der Waals surface area contributed by atoms with Crippen LogP contribution in [0.1, 0.15) is 25.3 Å². The minimum Gasteiger partial charge on any atom is -0.461 e. The molecule has 0 amide bonds. The molecule has 22 heavy (non-hydrogen) atoms. The summed E-state index contributed by atoms with van der Waals surface area (Å²) in [6, 6.07) is 5.57. The summed E-state index contributed by atoms with van der Waals surface area (Å²) in [5, 5.41) is 12.3. The van der Waals surface area contributed by atoms with Crippen molar-refractivity contribution in [2.45, 2.75) is 31.9 Å². The molecule has 116 valence electrons. The fraction of sp³-hybridized carbons (Fsp3) is 0.562. The van der Waals surface area contributed by atoms with Crippen molar-refractivity contribution in [3.8, 4) is 6.07 Å². The number of carbonyl (C=O) groups is 1. The quantitative estimate of drug-likeness (QED) is 0.847. The predicted octanol–water partition coefficient (Wildman–Crippen LogP) is 1.39. The minimum atomic E-state index is -0.0856. The Morgan fingerprint density at radius 3 is 3.18 bits per heavy atom. The smallest absolute Gasteiger partial charge is 0.323 e. The Labute approximate surface area is 130 Å². The standard InChI is InChI=1S/C16H20N4O2/c1-11-7-14(16(21)22-11)20-6-4-12(10-20)9-19-15-13(8-17)3-2-5-18-15/h2-3,5,11-12,14H,4,6-7,9-10H2,1H3,(H,18,19). The van der Waals surface area contributed by atoms with E-state index < -0.39 is 0 Å². The third kappa shape index (κ3) is 3.04. The molecule has 3 atom stereocenters. The number of pyridine rings is 1. The van der Waals surface area contributed by atoms with E-state index in [1.54, 1.807) is 18.3 Å². The summed E-state index contributed by atoms with van der Waals surface area (Å²) in [7, 11) is 0. The average Bonchev–Trinajstić information content (AvgIpc) is 3.11. The van der Waals surface area contributed by atoms with E-state index in [1.165, 1.54) is 0 Å². The highest BCUT2D eigenvalue weighted by Gasteiger charge is 2.39. The molecule has 1 N–H and O–H groups in total. The van der Waals surface area contributed by atoms with Gasteiger partial charge in [-0.05, 0) is 37.9 Å².